The highest BCUT2D eigenvalue weighted by molar-refractivity contribution is 6.25. The zero-order valence-electron chi connectivity index (χ0n) is 20.6. The van der Waals surface area contributed by atoms with Crippen LogP contribution in [0.1, 0.15) is 0 Å². The van der Waals surface area contributed by atoms with Crippen LogP contribution in [-0.4, -0.2) is 0 Å². The number of fused-ring (bicyclic) bond motifs is 9. The second kappa shape index (κ2) is 8.22. The molecule has 0 amide bonds. The van der Waals surface area contributed by atoms with Crippen LogP contribution in [0.25, 0.3) is 65.4 Å². The number of para-hydroxylation sites is 2. The maximum absolute atomic E-state index is 6.25. The molecule has 1 N–H and O–H groups in total. The summed E-state index contributed by atoms with van der Waals surface area (Å²) in [5.41, 5.74) is 6.22. The van der Waals surface area contributed by atoms with Gasteiger partial charge in [-0.3, -0.25) is 0 Å². The van der Waals surface area contributed by atoms with Gasteiger partial charge in [-0.25, -0.2) is 0 Å². The fourth-order valence-corrected chi connectivity index (χ4v) is 5.86. The lowest BCUT2D eigenvalue weighted by atomic mass is 9.94. The van der Waals surface area contributed by atoms with Crippen molar-refractivity contribution in [3.05, 3.63) is 133 Å². The van der Waals surface area contributed by atoms with Crippen molar-refractivity contribution in [2.24, 2.45) is 0 Å². The lowest BCUT2D eigenvalue weighted by molar-refractivity contribution is 0.670. The lowest BCUT2D eigenvalue weighted by Crippen LogP contribution is -1.91. The van der Waals surface area contributed by atoms with Gasteiger partial charge in [-0.05, 0) is 68.2 Å². The van der Waals surface area contributed by atoms with Crippen molar-refractivity contribution in [3.8, 4) is 11.1 Å². The lowest BCUT2D eigenvalue weighted by Gasteiger charge is -2.13. The van der Waals surface area contributed by atoms with E-state index >= 15 is 0 Å². The standard InChI is InChI=1S/C36H23NO/c1-2-10-29-27(8-1)28-9-3-4-11-30(28)34-22-25(20-21-31(29)34)37-24-18-16-23(17-19-24)26-13-7-14-33-32-12-5-6-15-35(32)38-36(26)33/h1-22,37H. The maximum atomic E-state index is 6.25. The number of rotatable bonds is 3. The average molecular weight is 486 g/mol. The van der Waals surface area contributed by atoms with Crippen molar-refractivity contribution < 1.29 is 4.42 Å². The molecule has 7 aromatic carbocycles. The zero-order chi connectivity index (χ0) is 25.1. The van der Waals surface area contributed by atoms with E-state index < -0.39 is 0 Å². The molecule has 0 unspecified atom stereocenters. The van der Waals surface area contributed by atoms with Gasteiger partial charge in [0.15, 0.2) is 0 Å². The van der Waals surface area contributed by atoms with Gasteiger partial charge in [-0.2, -0.15) is 0 Å². The van der Waals surface area contributed by atoms with Gasteiger partial charge in [0.25, 0.3) is 0 Å². The third-order valence-corrected chi connectivity index (χ3v) is 7.63. The Kier molecular flexibility index (Phi) is 4.55. The third-order valence-electron chi connectivity index (χ3n) is 7.63. The number of nitrogens with one attached hydrogen (secondary N) is 1. The van der Waals surface area contributed by atoms with E-state index in [2.05, 4.69) is 127 Å². The molecule has 0 saturated heterocycles. The van der Waals surface area contributed by atoms with Crippen LogP contribution in [0.5, 0.6) is 0 Å². The van der Waals surface area contributed by atoms with Crippen LogP contribution in [-0.2, 0) is 0 Å². The third kappa shape index (κ3) is 3.21. The number of furan rings is 1. The molecule has 1 aromatic heterocycles. The summed E-state index contributed by atoms with van der Waals surface area (Å²) >= 11 is 0. The number of anilines is 2. The van der Waals surface area contributed by atoms with Gasteiger partial charge in [-0.1, -0.05) is 103 Å². The van der Waals surface area contributed by atoms with E-state index in [0.717, 1.165) is 44.4 Å². The first kappa shape index (κ1) is 21.0. The molecule has 0 aliphatic rings. The molecule has 0 spiro atoms. The van der Waals surface area contributed by atoms with Crippen LogP contribution < -0.4 is 5.32 Å². The van der Waals surface area contributed by atoms with Crippen LogP contribution in [0.2, 0.25) is 0 Å². The Morgan fingerprint density at radius 2 is 0.947 bits per heavy atom. The molecule has 178 valence electrons. The highest BCUT2D eigenvalue weighted by Crippen LogP contribution is 2.38. The molecule has 1 heterocycles. The summed E-state index contributed by atoms with van der Waals surface area (Å²) in [4.78, 5) is 0. The van der Waals surface area contributed by atoms with Crippen LogP contribution in [0, 0.1) is 0 Å². The quantitative estimate of drug-likeness (QED) is 0.252. The van der Waals surface area contributed by atoms with E-state index in [9.17, 15) is 0 Å². The van der Waals surface area contributed by atoms with Crippen molar-refractivity contribution in [1.29, 1.82) is 0 Å². The molecule has 38 heavy (non-hydrogen) atoms. The maximum Gasteiger partial charge on any atom is 0.143 e. The first-order chi connectivity index (χ1) is 18.8. The predicted octanol–water partition coefficient (Wildman–Crippen LogP) is 10.5. The Morgan fingerprint density at radius 3 is 1.66 bits per heavy atom. The van der Waals surface area contributed by atoms with Crippen LogP contribution in [0.4, 0.5) is 11.4 Å². The summed E-state index contributed by atoms with van der Waals surface area (Å²) in [7, 11) is 0. The molecule has 0 aliphatic heterocycles. The van der Waals surface area contributed by atoms with E-state index in [0.29, 0.717) is 0 Å². The van der Waals surface area contributed by atoms with Crippen molar-refractivity contribution in [2.45, 2.75) is 0 Å². The van der Waals surface area contributed by atoms with Gasteiger partial charge < -0.3 is 9.73 Å². The fraction of sp³-hybridized carbons (Fsp3) is 0. The second-order valence-corrected chi connectivity index (χ2v) is 9.83. The van der Waals surface area contributed by atoms with Crippen molar-refractivity contribution >= 4 is 65.6 Å². The Bertz CT molecular complexity index is 2120. The Balaban J connectivity index is 1.18. The Labute approximate surface area is 219 Å². The molecule has 2 nitrogen and oxygen atoms in total. The molecule has 2 heteroatoms. The molecule has 0 atom stereocenters. The van der Waals surface area contributed by atoms with E-state index in [1.807, 2.05) is 12.1 Å². The first-order valence-electron chi connectivity index (χ1n) is 12.9. The van der Waals surface area contributed by atoms with E-state index in [1.54, 1.807) is 0 Å². The summed E-state index contributed by atoms with van der Waals surface area (Å²) in [5, 5.41) is 13.6. The van der Waals surface area contributed by atoms with Gasteiger partial charge in [0, 0.05) is 27.7 Å². The van der Waals surface area contributed by atoms with Crippen LogP contribution >= 0.6 is 0 Å². The fourth-order valence-electron chi connectivity index (χ4n) is 5.86. The SMILES string of the molecule is c1ccc2c(c1)oc1c(-c3ccc(Nc4ccc5c6ccccc6c6ccccc6c5c4)cc3)cccc12. The number of hydrogen-bond acceptors (Lipinski definition) is 2. The van der Waals surface area contributed by atoms with Crippen LogP contribution in [0.3, 0.4) is 0 Å². The normalized spacial score (nSPS) is 11.7. The highest BCUT2D eigenvalue weighted by atomic mass is 16.3. The highest BCUT2D eigenvalue weighted by Gasteiger charge is 2.12. The van der Waals surface area contributed by atoms with Gasteiger partial charge in [0.1, 0.15) is 11.2 Å². The molecule has 8 aromatic rings. The van der Waals surface area contributed by atoms with Crippen LogP contribution in [0.15, 0.2) is 138 Å². The van der Waals surface area contributed by atoms with Crippen molar-refractivity contribution in [1.82, 2.24) is 0 Å². The summed E-state index contributed by atoms with van der Waals surface area (Å²) < 4.78 is 6.25. The van der Waals surface area contributed by atoms with Gasteiger partial charge in [-0.15, -0.1) is 0 Å². The predicted molar refractivity (Wildman–Crippen MR) is 161 cm³/mol. The molecule has 0 bridgehead atoms. The summed E-state index contributed by atoms with van der Waals surface area (Å²) in [6, 6.07) is 47.2. The van der Waals surface area contributed by atoms with E-state index in [4.69, 9.17) is 4.42 Å². The van der Waals surface area contributed by atoms with Crippen molar-refractivity contribution in [2.75, 3.05) is 5.32 Å². The van der Waals surface area contributed by atoms with Gasteiger partial charge >= 0.3 is 0 Å². The minimum Gasteiger partial charge on any atom is -0.455 e. The molecular formula is C36H23NO. The molecule has 8 rings (SSSR count). The average Bonchev–Trinajstić information content (AvgIpc) is 3.37. The molecule has 0 fully saturated rings. The largest absolute Gasteiger partial charge is 0.455 e. The van der Waals surface area contributed by atoms with E-state index in [1.165, 1.54) is 32.3 Å². The zero-order valence-corrected chi connectivity index (χ0v) is 20.6. The van der Waals surface area contributed by atoms with Crippen molar-refractivity contribution in [3.63, 3.8) is 0 Å². The number of hydrogen-bond donors (Lipinski definition) is 1. The smallest absolute Gasteiger partial charge is 0.143 e. The van der Waals surface area contributed by atoms with Gasteiger partial charge in [0.2, 0.25) is 0 Å². The molecule has 0 radical (unpaired) electrons. The summed E-state index contributed by atoms with van der Waals surface area (Å²) in [6.07, 6.45) is 0. The number of benzene rings is 7. The molecule has 0 saturated carbocycles. The topological polar surface area (TPSA) is 25.2 Å². The Morgan fingerprint density at radius 1 is 0.395 bits per heavy atom. The molecule has 0 aliphatic carbocycles. The molecular weight excluding hydrogens is 462 g/mol. The summed E-state index contributed by atoms with van der Waals surface area (Å²) in [5.74, 6) is 0. The first-order valence-corrected chi connectivity index (χ1v) is 12.9. The van der Waals surface area contributed by atoms with Gasteiger partial charge in [0.05, 0.1) is 0 Å². The monoisotopic (exact) mass is 485 g/mol. The minimum atomic E-state index is 0.921. The summed E-state index contributed by atoms with van der Waals surface area (Å²) in [6.45, 7) is 0. The second-order valence-electron chi connectivity index (χ2n) is 9.83. The minimum absolute atomic E-state index is 0.921. The Hall–Kier alpha value is -5.08. The van der Waals surface area contributed by atoms with E-state index in [-0.39, 0.29) is 0 Å².